The van der Waals surface area contributed by atoms with Gasteiger partial charge in [0.15, 0.2) is 0 Å². The van der Waals surface area contributed by atoms with Crippen LogP contribution in [0.15, 0.2) is 102 Å². The van der Waals surface area contributed by atoms with Gasteiger partial charge in [-0.2, -0.15) is 0 Å². The van der Waals surface area contributed by atoms with Crippen LogP contribution in [0.1, 0.15) is 36.5 Å². The van der Waals surface area contributed by atoms with Crippen molar-refractivity contribution in [1.29, 1.82) is 0 Å². The molecule has 0 saturated carbocycles. The monoisotopic (exact) mass is 690 g/mol. The maximum absolute atomic E-state index is 2.62. The van der Waals surface area contributed by atoms with Gasteiger partial charge in [0.05, 0.1) is 0 Å². The standard InChI is InChI=1S/C17H14P.C15H11.2ClH.Hf/c1-2-18-13-10-12-6-5-8-14(16(12)11-13)15-7-3-4-9-17(15)18;1-2-6-12(7-3-1)14-10-4-8-13-9-5-11-15(13)14;;;/h3-11H,2H2,1H3;1-11H;2*1H;/q;;;;+2/p-2. The van der Waals surface area contributed by atoms with Gasteiger partial charge in [-0.3, -0.25) is 0 Å². The van der Waals surface area contributed by atoms with Crippen molar-refractivity contribution in [3.05, 3.63) is 125 Å². The molecule has 0 radical (unpaired) electrons. The average molecular weight is 690 g/mol. The molecule has 0 N–H and O–H groups in total. The number of halogens is 2. The van der Waals surface area contributed by atoms with Crippen LogP contribution in [0.25, 0.3) is 34.4 Å². The Kier molecular flexibility index (Phi) is 7.58. The van der Waals surface area contributed by atoms with Crippen LogP contribution in [0.4, 0.5) is 0 Å². The zero-order chi connectivity index (χ0) is 22.6. The second-order valence-electron chi connectivity index (χ2n) is 9.25. The SMILES string of the molecule is CCP1C2=Cc3c(cccc3[CH]2[Hf+2][CH]2C=Cc3c(-c4ccccc4)cccc32)-c2ccccc21.[Cl-].[Cl-]. The van der Waals surface area contributed by atoms with Crippen LogP contribution in [0.2, 0.25) is 0 Å². The molecule has 1 heterocycles. The van der Waals surface area contributed by atoms with Crippen LogP contribution in [0.3, 0.4) is 0 Å². The van der Waals surface area contributed by atoms with Crippen molar-refractivity contribution >= 4 is 25.4 Å². The zero-order valence-electron chi connectivity index (χ0n) is 20.0. The quantitative estimate of drug-likeness (QED) is 0.228. The predicted molar refractivity (Wildman–Crippen MR) is 143 cm³/mol. The topological polar surface area (TPSA) is 0 Å². The predicted octanol–water partition coefficient (Wildman–Crippen LogP) is 2.42. The Bertz CT molecular complexity index is 1490. The van der Waals surface area contributed by atoms with Gasteiger partial charge in [0.25, 0.3) is 0 Å². The first-order chi connectivity index (χ1) is 16.8. The Morgan fingerprint density at radius 3 is 2.19 bits per heavy atom. The molecule has 0 nitrogen and oxygen atoms in total. The summed E-state index contributed by atoms with van der Waals surface area (Å²) in [5.41, 5.74) is 11.8. The first kappa shape index (κ1) is 25.9. The van der Waals surface area contributed by atoms with Crippen LogP contribution in [0, 0.1) is 0 Å². The van der Waals surface area contributed by atoms with Gasteiger partial charge < -0.3 is 24.8 Å². The molecule has 176 valence electrons. The van der Waals surface area contributed by atoms with Crippen molar-refractivity contribution < 1.29 is 47.7 Å². The molecule has 0 amide bonds. The molecule has 2 aliphatic carbocycles. The van der Waals surface area contributed by atoms with E-state index < -0.39 is 22.9 Å². The van der Waals surface area contributed by atoms with Crippen LogP contribution in [-0.2, 0) is 22.9 Å². The molecule has 3 unspecified atom stereocenters. The fraction of sp³-hybridized carbons (Fsp3) is 0.125. The maximum Gasteiger partial charge on any atom is -1.00 e. The van der Waals surface area contributed by atoms with E-state index in [0.29, 0.717) is 7.35 Å². The van der Waals surface area contributed by atoms with Gasteiger partial charge in [0.2, 0.25) is 0 Å². The number of rotatable bonds is 4. The van der Waals surface area contributed by atoms with Gasteiger partial charge in [0, 0.05) is 0 Å². The molecule has 0 aromatic heterocycles. The van der Waals surface area contributed by atoms with E-state index >= 15 is 0 Å². The average Bonchev–Trinajstić information content (AvgIpc) is 3.43. The Balaban J connectivity index is 0.00000133. The molecular formula is C32H25Cl2HfP. The first-order valence-electron chi connectivity index (χ1n) is 12.2. The number of allylic oxidation sites excluding steroid dienone is 2. The van der Waals surface area contributed by atoms with Gasteiger partial charge >= 0.3 is 216 Å². The minimum absolute atomic E-state index is 0. The molecule has 3 atom stereocenters. The molecule has 1 aliphatic heterocycles. The Morgan fingerprint density at radius 2 is 1.39 bits per heavy atom. The van der Waals surface area contributed by atoms with E-state index in [-0.39, 0.29) is 32.7 Å². The second kappa shape index (κ2) is 10.5. The van der Waals surface area contributed by atoms with Crippen molar-refractivity contribution in [2.45, 2.75) is 14.3 Å². The summed E-state index contributed by atoms with van der Waals surface area (Å²) < 4.78 is 1.36. The van der Waals surface area contributed by atoms with Gasteiger partial charge in [0.1, 0.15) is 0 Å². The van der Waals surface area contributed by atoms with Gasteiger partial charge in [-0.25, -0.2) is 0 Å². The largest absolute Gasteiger partial charge is 1.00 e. The Labute approximate surface area is 238 Å². The fourth-order valence-corrected chi connectivity index (χ4v) is 16.8. The summed E-state index contributed by atoms with van der Waals surface area (Å²) in [5, 5.41) is 3.37. The zero-order valence-corrected chi connectivity index (χ0v) is 26.0. The molecule has 0 spiro atoms. The van der Waals surface area contributed by atoms with E-state index in [0.717, 1.165) is 0 Å². The molecule has 7 rings (SSSR count). The third-order valence-electron chi connectivity index (χ3n) is 7.51. The molecule has 36 heavy (non-hydrogen) atoms. The molecule has 2 bridgehead atoms. The van der Waals surface area contributed by atoms with Gasteiger partial charge in [-0.05, 0) is 0 Å². The normalized spacial score (nSPS) is 19.7. The van der Waals surface area contributed by atoms with Crippen LogP contribution < -0.4 is 30.1 Å². The van der Waals surface area contributed by atoms with E-state index in [2.05, 4.69) is 116 Å². The van der Waals surface area contributed by atoms with Crippen molar-refractivity contribution in [3.63, 3.8) is 0 Å². The third kappa shape index (κ3) is 4.04. The summed E-state index contributed by atoms with van der Waals surface area (Å²) in [6, 6.07) is 34.2. The van der Waals surface area contributed by atoms with Crippen LogP contribution in [-0.4, -0.2) is 6.16 Å². The van der Waals surface area contributed by atoms with Crippen LogP contribution in [0.5, 0.6) is 0 Å². The van der Waals surface area contributed by atoms with E-state index in [1.807, 2.05) is 0 Å². The van der Waals surface area contributed by atoms with Crippen LogP contribution >= 0.6 is 7.92 Å². The maximum atomic E-state index is 2.62. The summed E-state index contributed by atoms with van der Waals surface area (Å²) in [4.78, 5) is 0. The van der Waals surface area contributed by atoms with Crippen molar-refractivity contribution in [3.8, 4) is 22.3 Å². The van der Waals surface area contributed by atoms with E-state index in [9.17, 15) is 0 Å². The Hall–Kier alpha value is -1.76. The smallest absolute Gasteiger partial charge is 1.00 e. The molecule has 4 heteroatoms. The molecular weight excluding hydrogens is 665 g/mol. The van der Waals surface area contributed by atoms with Crippen molar-refractivity contribution in [1.82, 2.24) is 0 Å². The minimum atomic E-state index is -1.12. The van der Waals surface area contributed by atoms with Gasteiger partial charge in [-0.15, -0.1) is 0 Å². The summed E-state index contributed by atoms with van der Waals surface area (Å²) in [5.74, 6) is 0. The summed E-state index contributed by atoms with van der Waals surface area (Å²) >= 11 is -1.12. The van der Waals surface area contributed by atoms with E-state index in [1.54, 1.807) is 21.7 Å². The number of benzene rings is 4. The van der Waals surface area contributed by atoms with Gasteiger partial charge in [-0.1, -0.05) is 0 Å². The molecule has 0 fully saturated rings. The minimum Gasteiger partial charge on any atom is -1.00 e. The number of hydrogen-bond donors (Lipinski definition) is 0. The first-order valence-corrected chi connectivity index (χ1v) is 17.8. The fourth-order valence-electron chi connectivity index (χ4n) is 5.99. The second-order valence-corrected chi connectivity index (χ2v) is 17.2. The molecule has 0 saturated heterocycles. The number of hydrogen-bond acceptors (Lipinski definition) is 0. The Morgan fingerprint density at radius 1 is 0.694 bits per heavy atom. The summed E-state index contributed by atoms with van der Waals surface area (Å²) in [7, 11) is -0.259. The van der Waals surface area contributed by atoms with Crippen molar-refractivity contribution in [2.75, 3.05) is 6.16 Å². The summed E-state index contributed by atoms with van der Waals surface area (Å²) in [6.45, 7) is 2.40. The summed E-state index contributed by atoms with van der Waals surface area (Å²) in [6.07, 6.45) is 8.84. The molecule has 4 aromatic carbocycles. The molecule has 4 aromatic rings. The van der Waals surface area contributed by atoms with Crippen molar-refractivity contribution in [2.24, 2.45) is 0 Å². The van der Waals surface area contributed by atoms with E-state index in [4.69, 9.17) is 0 Å². The third-order valence-corrected chi connectivity index (χ3v) is 17.5. The van der Waals surface area contributed by atoms with E-state index in [1.165, 1.54) is 39.5 Å². The number of fused-ring (bicyclic) bond motifs is 3. The molecule has 3 aliphatic rings.